The lowest BCUT2D eigenvalue weighted by atomic mass is 10.2. The van der Waals surface area contributed by atoms with Gasteiger partial charge in [-0.3, -0.25) is 9.59 Å². The van der Waals surface area contributed by atoms with Crippen molar-refractivity contribution in [3.63, 3.8) is 0 Å². The number of rotatable bonds is 5. The van der Waals surface area contributed by atoms with Gasteiger partial charge in [-0.25, -0.2) is 9.37 Å². The first kappa shape index (κ1) is 16.6. The molecule has 5 nitrogen and oxygen atoms in total. The Labute approximate surface area is 143 Å². The predicted octanol–water partition coefficient (Wildman–Crippen LogP) is 3.14. The quantitative estimate of drug-likeness (QED) is 0.904. The maximum atomic E-state index is 13.9. The molecule has 1 aliphatic carbocycles. The summed E-state index contributed by atoms with van der Waals surface area (Å²) >= 11 is 1.39. The average molecular weight is 347 g/mol. The van der Waals surface area contributed by atoms with Gasteiger partial charge in [0.25, 0.3) is 5.91 Å². The molecule has 1 aromatic heterocycles. The summed E-state index contributed by atoms with van der Waals surface area (Å²) < 4.78 is 13.9. The van der Waals surface area contributed by atoms with E-state index in [1.807, 2.05) is 13.8 Å². The molecule has 1 heterocycles. The summed E-state index contributed by atoms with van der Waals surface area (Å²) in [5, 5.41) is 3.24. The largest absolute Gasteiger partial charge is 0.326 e. The number of nitrogens with one attached hydrogen (secondary N) is 1. The van der Waals surface area contributed by atoms with Crippen molar-refractivity contribution in [2.45, 2.75) is 32.7 Å². The van der Waals surface area contributed by atoms with Crippen molar-refractivity contribution in [3.05, 3.63) is 46.2 Å². The van der Waals surface area contributed by atoms with Crippen LogP contribution in [0.4, 0.5) is 9.52 Å². The maximum absolute atomic E-state index is 13.9. The number of carbonyl (C=O) groups excluding carboxylic acids is 2. The standard InChI is InChI=1S/C17H18FN3O2S/c1-10-11(2)24-17(19-10)20-15(22)9-21(12-7-8-12)16(23)13-5-3-4-6-14(13)18/h3-6,12H,7-9H2,1-2H3,(H,19,20,22). The fourth-order valence-corrected chi connectivity index (χ4v) is 3.21. The van der Waals surface area contributed by atoms with Crippen LogP contribution in [0.1, 0.15) is 33.8 Å². The summed E-state index contributed by atoms with van der Waals surface area (Å²) in [6, 6.07) is 5.84. The summed E-state index contributed by atoms with van der Waals surface area (Å²) in [4.78, 5) is 31.6. The molecule has 0 bridgehead atoms. The van der Waals surface area contributed by atoms with Gasteiger partial charge < -0.3 is 10.2 Å². The monoisotopic (exact) mass is 347 g/mol. The van der Waals surface area contributed by atoms with Crippen molar-refractivity contribution in [2.75, 3.05) is 11.9 Å². The Kier molecular flexibility index (Phi) is 4.62. The summed E-state index contributed by atoms with van der Waals surface area (Å²) in [5.41, 5.74) is 0.870. The van der Waals surface area contributed by atoms with Crippen LogP contribution < -0.4 is 5.32 Å². The molecule has 2 aromatic rings. The van der Waals surface area contributed by atoms with Gasteiger partial charge in [-0.2, -0.15) is 0 Å². The van der Waals surface area contributed by atoms with E-state index in [-0.39, 0.29) is 24.1 Å². The van der Waals surface area contributed by atoms with E-state index in [0.717, 1.165) is 23.4 Å². The SMILES string of the molecule is Cc1nc(NC(=O)CN(C(=O)c2ccccc2F)C2CC2)sc1C. The van der Waals surface area contributed by atoms with Crippen molar-refractivity contribution in [1.82, 2.24) is 9.88 Å². The first-order valence-electron chi connectivity index (χ1n) is 7.75. The van der Waals surface area contributed by atoms with Crippen molar-refractivity contribution in [2.24, 2.45) is 0 Å². The topological polar surface area (TPSA) is 62.3 Å². The van der Waals surface area contributed by atoms with Crippen LogP contribution in [0, 0.1) is 19.7 Å². The second kappa shape index (κ2) is 6.68. The zero-order valence-electron chi connectivity index (χ0n) is 13.5. The summed E-state index contributed by atoms with van der Waals surface area (Å²) in [6.07, 6.45) is 1.67. The summed E-state index contributed by atoms with van der Waals surface area (Å²) in [5.74, 6) is -1.34. The Bertz CT molecular complexity index is 766. The number of amides is 2. The molecule has 0 spiro atoms. The Morgan fingerprint density at radius 2 is 2.04 bits per heavy atom. The smallest absolute Gasteiger partial charge is 0.257 e. The molecule has 2 amide bonds. The molecular weight excluding hydrogens is 329 g/mol. The second-order valence-corrected chi connectivity index (χ2v) is 7.06. The van der Waals surface area contributed by atoms with Gasteiger partial charge in [0.05, 0.1) is 11.3 Å². The minimum Gasteiger partial charge on any atom is -0.326 e. The number of thiazole rings is 1. The van der Waals surface area contributed by atoms with Crippen LogP contribution in [-0.4, -0.2) is 34.3 Å². The maximum Gasteiger partial charge on any atom is 0.257 e. The van der Waals surface area contributed by atoms with Gasteiger partial charge in [0, 0.05) is 10.9 Å². The lowest BCUT2D eigenvalue weighted by Gasteiger charge is -2.21. The molecule has 1 aromatic carbocycles. The van der Waals surface area contributed by atoms with Crippen LogP contribution in [0.25, 0.3) is 0 Å². The fourth-order valence-electron chi connectivity index (χ4n) is 2.38. The molecule has 1 N–H and O–H groups in total. The molecule has 7 heteroatoms. The molecule has 0 atom stereocenters. The number of carbonyl (C=O) groups is 2. The van der Waals surface area contributed by atoms with E-state index in [1.54, 1.807) is 6.07 Å². The number of hydrogen-bond acceptors (Lipinski definition) is 4. The molecule has 1 saturated carbocycles. The van der Waals surface area contributed by atoms with Crippen LogP contribution in [-0.2, 0) is 4.79 Å². The van der Waals surface area contributed by atoms with Gasteiger partial charge in [-0.1, -0.05) is 12.1 Å². The van der Waals surface area contributed by atoms with E-state index in [2.05, 4.69) is 10.3 Å². The molecule has 1 fully saturated rings. The Balaban J connectivity index is 1.71. The molecule has 0 aliphatic heterocycles. The number of halogens is 1. The zero-order valence-corrected chi connectivity index (χ0v) is 14.3. The number of anilines is 1. The van der Waals surface area contributed by atoms with Crippen molar-refractivity contribution >= 4 is 28.3 Å². The van der Waals surface area contributed by atoms with Gasteiger partial charge >= 0.3 is 0 Å². The third-order valence-electron chi connectivity index (χ3n) is 3.94. The number of hydrogen-bond donors (Lipinski definition) is 1. The second-order valence-electron chi connectivity index (χ2n) is 5.85. The molecule has 0 saturated heterocycles. The van der Waals surface area contributed by atoms with E-state index in [1.165, 1.54) is 34.4 Å². The van der Waals surface area contributed by atoms with E-state index in [4.69, 9.17) is 0 Å². The minimum absolute atomic E-state index is 0.00172. The zero-order chi connectivity index (χ0) is 17.3. The van der Waals surface area contributed by atoms with Crippen LogP contribution in [0.15, 0.2) is 24.3 Å². The Morgan fingerprint density at radius 1 is 1.33 bits per heavy atom. The van der Waals surface area contributed by atoms with Crippen molar-refractivity contribution in [3.8, 4) is 0 Å². The lowest BCUT2D eigenvalue weighted by Crippen LogP contribution is -2.40. The average Bonchev–Trinajstić information content (AvgIpc) is 3.32. The van der Waals surface area contributed by atoms with Gasteiger partial charge in [-0.05, 0) is 38.8 Å². The van der Waals surface area contributed by atoms with Crippen molar-refractivity contribution < 1.29 is 14.0 Å². The van der Waals surface area contributed by atoms with Gasteiger partial charge in [-0.15, -0.1) is 11.3 Å². The minimum atomic E-state index is -0.570. The highest BCUT2D eigenvalue weighted by molar-refractivity contribution is 7.15. The van der Waals surface area contributed by atoms with E-state index < -0.39 is 11.7 Å². The number of nitrogens with zero attached hydrogens (tertiary/aromatic N) is 2. The highest BCUT2D eigenvalue weighted by Crippen LogP contribution is 2.29. The first-order valence-corrected chi connectivity index (χ1v) is 8.56. The van der Waals surface area contributed by atoms with E-state index in [9.17, 15) is 14.0 Å². The molecule has 24 heavy (non-hydrogen) atoms. The molecule has 1 aliphatic rings. The van der Waals surface area contributed by atoms with Crippen molar-refractivity contribution in [1.29, 1.82) is 0 Å². The molecular formula is C17H18FN3O2S. The summed E-state index contributed by atoms with van der Waals surface area (Å²) in [7, 11) is 0. The first-order chi connectivity index (χ1) is 11.5. The number of aromatic nitrogens is 1. The van der Waals surface area contributed by atoms with E-state index >= 15 is 0 Å². The van der Waals surface area contributed by atoms with Gasteiger partial charge in [0.1, 0.15) is 12.4 Å². The Morgan fingerprint density at radius 3 is 2.62 bits per heavy atom. The fraction of sp³-hybridized carbons (Fsp3) is 0.353. The van der Waals surface area contributed by atoms with Gasteiger partial charge in [0.2, 0.25) is 5.91 Å². The van der Waals surface area contributed by atoms with Crippen LogP contribution in [0.2, 0.25) is 0 Å². The number of benzene rings is 1. The highest BCUT2D eigenvalue weighted by Gasteiger charge is 2.35. The predicted molar refractivity (Wildman–Crippen MR) is 90.7 cm³/mol. The summed E-state index contributed by atoms with van der Waals surface area (Å²) in [6.45, 7) is 3.70. The molecule has 126 valence electrons. The Hall–Kier alpha value is -2.28. The normalized spacial score (nSPS) is 13.6. The number of aryl methyl sites for hydroxylation is 2. The van der Waals surface area contributed by atoms with Crippen LogP contribution in [0.3, 0.4) is 0 Å². The third kappa shape index (κ3) is 3.62. The molecule has 0 unspecified atom stereocenters. The molecule has 3 rings (SSSR count). The highest BCUT2D eigenvalue weighted by atomic mass is 32.1. The van der Waals surface area contributed by atoms with Crippen LogP contribution >= 0.6 is 11.3 Å². The van der Waals surface area contributed by atoms with Gasteiger partial charge in [0.15, 0.2) is 5.13 Å². The third-order valence-corrected chi connectivity index (χ3v) is 4.93. The van der Waals surface area contributed by atoms with E-state index in [0.29, 0.717) is 5.13 Å². The van der Waals surface area contributed by atoms with Crippen LogP contribution in [0.5, 0.6) is 0 Å². The lowest BCUT2D eigenvalue weighted by molar-refractivity contribution is -0.117. The molecule has 0 radical (unpaired) electrons.